The van der Waals surface area contributed by atoms with Gasteiger partial charge in [-0.25, -0.2) is 0 Å². The summed E-state index contributed by atoms with van der Waals surface area (Å²) < 4.78 is 0. The summed E-state index contributed by atoms with van der Waals surface area (Å²) in [6.45, 7) is 0. The zero-order chi connectivity index (χ0) is 19.2. The molecule has 138 valence electrons. The number of carbonyl (C=O) groups is 1. The van der Waals surface area contributed by atoms with Gasteiger partial charge in [-0.1, -0.05) is 42.1 Å². The predicted molar refractivity (Wildman–Crippen MR) is 110 cm³/mol. The fourth-order valence-corrected chi connectivity index (χ4v) is 3.50. The van der Waals surface area contributed by atoms with Crippen molar-refractivity contribution in [2.45, 2.75) is 10.1 Å². The number of para-hydroxylation sites is 2. The Hall–Kier alpha value is -2.78. The quantitative estimate of drug-likeness (QED) is 0.431. The van der Waals surface area contributed by atoms with Gasteiger partial charge in [-0.05, 0) is 24.5 Å². The fourth-order valence-electron chi connectivity index (χ4n) is 2.34. The summed E-state index contributed by atoms with van der Waals surface area (Å²) in [6.07, 6.45) is 1.95. The normalized spacial score (nSPS) is 10.6. The van der Waals surface area contributed by atoms with Gasteiger partial charge >= 0.3 is 0 Å². The molecule has 0 aliphatic heterocycles. The maximum atomic E-state index is 12.3. The van der Waals surface area contributed by atoms with Gasteiger partial charge in [-0.15, -0.1) is 22.0 Å². The number of amides is 1. The van der Waals surface area contributed by atoms with Crippen molar-refractivity contribution < 1.29 is 4.79 Å². The van der Waals surface area contributed by atoms with Gasteiger partial charge in [-0.3, -0.25) is 14.6 Å². The van der Waals surface area contributed by atoms with Gasteiger partial charge in [0.15, 0.2) is 10.9 Å². The number of aromatic nitrogens is 3. The SMILES string of the molecule is CSc1ccccc1NC(=O)CSc1nnc(-c2ccccc2N)c(=O)[nH]1. The summed E-state index contributed by atoms with van der Waals surface area (Å²) >= 11 is 2.66. The van der Waals surface area contributed by atoms with Crippen molar-refractivity contribution in [2.24, 2.45) is 0 Å². The first-order valence-electron chi connectivity index (χ1n) is 7.96. The number of hydrogen-bond donors (Lipinski definition) is 3. The average Bonchev–Trinajstić information content (AvgIpc) is 2.68. The van der Waals surface area contributed by atoms with E-state index in [1.807, 2.05) is 30.5 Å². The van der Waals surface area contributed by atoms with Crippen LogP contribution in [0, 0.1) is 0 Å². The molecular weight excluding hydrogens is 382 g/mol. The summed E-state index contributed by atoms with van der Waals surface area (Å²) in [5.41, 5.74) is 7.34. The molecule has 27 heavy (non-hydrogen) atoms. The minimum Gasteiger partial charge on any atom is -0.398 e. The lowest BCUT2D eigenvalue weighted by molar-refractivity contribution is -0.113. The molecule has 2 aromatic carbocycles. The lowest BCUT2D eigenvalue weighted by atomic mass is 10.1. The Bertz CT molecular complexity index is 1020. The highest BCUT2D eigenvalue weighted by Gasteiger charge is 2.12. The Kier molecular flexibility index (Phi) is 6.15. The molecule has 0 aliphatic carbocycles. The van der Waals surface area contributed by atoms with E-state index >= 15 is 0 Å². The lowest BCUT2D eigenvalue weighted by Gasteiger charge is -2.08. The molecule has 1 aromatic heterocycles. The van der Waals surface area contributed by atoms with E-state index in [1.165, 1.54) is 0 Å². The van der Waals surface area contributed by atoms with Gasteiger partial charge in [0.05, 0.1) is 11.4 Å². The second-order valence-corrected chi connectivity index (χ2v) is 7.24. The highest BCUT2D eigenvalue weighted by atomic mass is 32.2. The molecule has 4 N–H and O–H groups in total. The Morgan fingerprint density at radius 2 is 1.89 bits per heavy atom. The monoisotopic (exact) mass is 399 g/mol. The summed E-state index contributed by atoms with van der Waals surface area (Å²) in [6, 6.07) is 14.5. The van der Waals surface area contributed by atoms with Crippen LogP contribution in [-0.2, 0) is 4.79 Å². The molecule has 0 aliphatic rings. The van der Waals surface area contributed by atoms with Crippen LogP contribution in [0.1, 0.15) is 0 Å². The van der Waals surface area contributed by atoms with Crippen LogP contribution < -0.4 is 16.6 Å². The number of hydrogen-bond acceptors (Lipinski definition) is 7. The third kappa shape index (κ3) is 4.69. The Morgan fingerprint density at radius 1 is 1.15 bits per heavy atom. The summed E-state index contributed by atoms with van der Waals surface area (Å²) in [5, 5.41) is 11.1. The molecule has 0 bridgehead atoms. The maximum absolute atomic E-state index is 12.3. The van der Waals surface area contributed by atoms with Crippen LogP contribution in [0.3, 0.4) is 0 Å². The standard InChI is InChI=1S/C18H17N5O2S2/c1-26-14-9-5-4-8-13(14)20-15(24)10-27-18-21-17(25)16(22-23-18)11-6-2-3-7-12(11)19/h2-9H,10,19H2,1H3,(H,20,24)(H,21,23,25). The van der Waals surface area contributed by atoms with Gasteiger partial charge in [0.2, 0.25) is 5.91 Å². The minimum absolute atomic E-state index is 0.0974. The van der Waals surface area contributed by atoms with Crippen molar-refractivity contribution in [1.29, 1.82) is 0 Å². The van der Waals surface area contributed by atoms with Crippen LogP contribution in [0.25, 0.3) is 11.3 Å². The summed E-state index contributed by atoms with van der Waals surface area (Å²) in [5.74, 6) is -0.0966. The molecule has 0 radical (unpaired) electrons. The van der Waals surface area contributed by atoms with E-state index in [4.69, 9.17) is 5.73 Å². The maximum Gasteiger partial charge on any atom is 0.278 e. The number of anilines is 2. The number of nitrogens with zero attached hydrogens (tertiary/aromatic N) is 2. The van der Waals surface area contributed by atoms with Gasteiger partial charge in [0.1, 0.15) is 0 Å². The Labute approximate surface area is 164 Å². The molecule has 3 aromatic rings. The lowest BCUT2D eigenvalue weighted by Crippen LogP contribution is -2.17. The highest BCUT2D eigenvalue weighted by Crippen LogP contribution is 2.25. The number of aromatic amines is 1. The van der Waals surface area contributed by atoms with E-state index in [1.54, 1.807) is 36.0 Å². The summed E-state index contributed by atoms with van der Waals surface area (Å²) in [4.78, 5) is 28.1. The number of nitrogens with one attached hydrogen (secondary N) is 2. The molecule has 0 fully saturated rings. The number of nitrogens with two attached hydrogens (primary N) is 1. The Morgan fingerprint density at radius 3 is 2.63 bits per heavy atom. The first kappa shape index (κ1) is 19.0. The molecule has 0 atom stereocenters. The second-order valence-electron chi connectivity index (χ2n) is 5.43. The van der Waals surface area contributed by atoms with Crippen LogP contribution in [0.5, 0.6) is 0 Å². The van der Waals surface area contributed by atoms with Crippen molar-refractivity contribution in [3.63, 3.8) is 0 Å². The molecule has 0 saturated heterocycles. The highest BCUT2D eigenvalue weighted by molar-refractivity contribution is 7.99. The van der Waals surface area contributed by atoms with Crippen molar-refractivity contribution in [3.05, 3.63) is 58.9 Å². The third-order valence-electron chi connectivity index (χ3n) is 3.61. The van der Waals surface area contributed by atoms with Crippen molar-refractivity contribution >= 4 is 40.8 Å². The Balaban J connectivity index is 1.67. The van der Waals surface area contributed by atoms with E-state index in [-0.39, 0.29) is 22.5 Å². The van der Waals surface area contributed by atoms with Gasteiger partial charge in [0, 0.05) is 16.1 Å². The number of thioether (sulfide) groups is 2. The van der Waals surface area contributed by atoms with Crippen LogP contribution in [0.15, 0.2) is 63.4 Å². The van der Waals surface area contributed by atoms with Crippen LogP contribution in [-0.4, -0.2) is 33.1 Å². The molecule has 3 rings (SSSR count). The molecular formula is C18H17N5O2S2. The predicted octanol–water partition coefficient (Wildman–Crippen LogP) is 2.87. The first-order chi connectivity index (χ1) is 13.1. The van der Waals surface area contributed by atoms with E-state index in [0.29, 0.717) is 11.3 Å². The molecule has 7 nitrogen and oxygen atoms in total. The molecule has 9 heteroatoms. The smallest absolute Gasteiger partial charge is 0.278 e. The van der Waals surface area contributed by atoms with Crippen LogP contribution >= 0.6 is 23.5 Å². The van der Waals surface area contributed by atoms with Crippen molar-refractivity contribution in [1.82, 2.24) is 15.2 Å². The third-order valence-corrected chi connectivity index (χ3v) is 5.27. The van der Waals surface area contributed by atoms with Crippen LogP contribution in [0.2, 0.25) is 0 Å². The number of nitrogen functional groups attached to an aromatic ring is 1. The van der Waals surface area contributed by atoms with E-state index in [9.17, 15) is 9.59 Å². The minimum atomic E-state index is -0.404. The van der Waals surface area contributed by atoms with Crippen LogP contribution in [0.4, 0.5) is 11.4 Å². The average molecular weight is 400 g/mol. The number of rotatable bonds is 6. The largest absolute Gasteiger partial charge is 0.398 e. The zero-order valence-electron chi connectivity index (χ0n) is 14.4. The van der Waals surface area contributed by atoms with E-state index < -0.39 is 5.56 Å². The molecule has 1 heterocycles. The van der Waals surface area contributed by atoms with Gasteiger partial charge in [-0.2, -0.15) is 0 Å². The zero-order valence-corrected chi connectivity index (χ0v) is 16.1. The number of carbonyl (C=O) groups excluding carboxylic acids is 1. The molecule has 1 amide bonds. The topological polar surface area (TPSA) is 114 Å². The molecule has 0 unspecified atom stereocenters. The van der Waals surface area contributed by atoms with Gasteiger partial charge in [0.25, 0.3) is 5.56 Å². The number of H-pyrrole nitrogens is 1. The van der Waals surface area contributed by atoms with E-state index in [0.717, 1.165) is 22.3 Å². The number of benzene rings is 2. The van der Waals surface area contributed by atoms with E-state index in [2.05, 4.69) is 20.5 Å². The van der Waals surface area contributed by atoms with Crippen molar-refractivity contribution in [3.8, 4) is 11.3 Å². The first-order valence-corrected chi connectivity index (χ1v) is 10.2. The fraction of sp³-hybridized carbons (Fsp3) is 0.111. The second kappa shape index (κ2) is 8.74. The molecule has 0 spiro atoms. The van der Waals surface area contributed by atoms with Crippen molar-refractivity contribution in [2.75, 3.05) is 23.1 Å². The molecule has 0 saturated carbocycles. The van der Waals surface area contributed by atoms with Gasteiger partial charge < -0.3 is 11.1 Å². The summed E-state index contributed by atoms with van der Waals surface area (Å²) in [7, 11) is 0.